The molecule has 3 heterocycles. The largest absolute Gasteiger partial charge is 0.439 e. The van der Waals surface area contributed by atoms with Crippen molar-refractivity contribution in [3.63, 3.8) is 0 Å². The van der Waals surface area contributed by atoms with Crippen molar-refractivity contribution in [3.05, 3.63) is 76.7 Å². The maximum atomic E-state index is 13.6. The summed E-state index contributed by atoms with van der Waals surface area (Å²) in [5.74, 6) is 0.313. The van der Waals surface area contributed by atoms with Gasteiger partial charge in [-0.1, -0.05) is 6.07 Å². The predicted octanol–water partition coefficient (Wildman–Crippen LogP) is 3.35. The van der Waals surface area contributed by atoms with Crippen LogP contribution in [-0.4, -0.2) is 19.5 Å². The fraction of sp³-hybridized carbons (Fsp3) is 0.0556. The highest BCUT2D eigenvalue weighted by Crippen LogP contribution is 2.22. The van der Waals surface area contributed by atoms with E-state index in [-0.39, 0.29) is 11.5 Å². The third-order valence-corrected chi connectivity index (χ3v) is 3.79. The van der Waals surface area contributed by atoms with Crippen LogP contribution in [0.15, 0.2) is 59.7 Å². The molecule has 0 radical (unpaired) electrons. The van der Waals surface area contributed by atoms with E-state index < -0.39 is 0 Å². The van der Waals surface area contributed by atoms with Crippen molar-refractivity contribution in [1.29, 1.82) is 0 Å². The summed E-state index contributed by atoms with van der Waals surface area (Å²) in [6, 6.07) is 11.4. The number of nitrogens with one attached hydrogen (secondary N) is 1. The van der Waals surface area contributed by atoms with Crippen molar-refractivity contribution in [2.45, 2.75) is 6.92 Å². The molecule has 7 heteroatoms. The Bertz CT molecular complexity index is 1120. The zero-order valence-corrected chi connectivity index (χ0v) is 13.2. The van der Waals surface area contributed by atoms with Crippen LogP contribution < -0.4 is 10.4 Å². The second-order valence-corrected chi connectivity index (χ2v) is 5.51. The molecular weight excluding hydrogens is 323 g/mol. The number of fused-ring (bicyclic) bond motifs is 1. The molecule has 0 saturated carbocycles. The van der Waals surface area contributed by atoms with E-state index in [0.29, 0.717) is 34.0 Å². The molecule has 1 N–H and O–H groups in total. The van der Waals surface area contributed by atoms with E-state index in [0.717, 1.165) is 0 Å². The molecule has 124 valence electrons. The van der Waals surface area contributed by atoms with Gasteiger partial charge in [0.15, 0.2) is 5.65 Å². The van der Waals surface area contributed by atoms with Crippen molar-refractivity contribution >= 4 is 11.2 Å². The molecule has 0 saturated heterocycles. The third-order valence-electron chi connectivity index (χ3n) is 3.79. The average Bonchev–Trinajstić information content (AvgIpc) is 2.95. The zero-order valence-electron chi connectivity index (χ0n) is 13.2. The average molecular weight is 336 g/mol. The van der Waals surface area contributed by atoms with Gasteiger partial charge in [0.25, 0.3) is 0 Å². The number of aromatic nitrogens is 4. The highest BCUT2D eigenvalue weighted by atomic mass is 19.1. The number of hydrogen-bond acceptors (Lipinski definition) is 4. The van der Waals surface area contributed by atoms with E-state index in [9.17, 15) is 9.18 Å². The van der Waals surface area contributed by atoms with Crippen LogP contribution in [0.1, 0.15) is 5.56 Å². The lowest BCUT2D eigenvalue weighted by Gasteiger charge is -2.07. The molecule has 1 aromatic carbocycles. The number of aromatic amines is 1. The highest BCUT2D eigenvalue weighted by Gasteiger charge is 2.10. The zero-order chi connectivity index (χ0) is 17.4. The molecule has 0 aliphatic rings. The molecule has 0 amide bonds. The Morgan fingerprint density at radius 3 is 2.80 bits per heavy atom. The minimum Gasteiger partial charge on any atom is -0.439 e. The number of nitrogens with zero attached hydrogens (tertiary/aromatic N) is 3. The summed E-state index contributed by atoms with van der Waals surface area (Å²) in [5.41, 5.74) is 1.95. The van der Waals surface area contributed by atoms with Crippen LogP contribution in [-0.2, 0) is 0 Å². The fourth-order valence-corrected chi connectivity index (χ4v) is 2.50. The Morgan fingerprint density at radius 2 is 2.04 bits per heavy atom. The first-order chi connectivity index (χ1) is 12.1. The molecule has 0 fully saturated rings. The number of aryl methyl sites for hydroxylation is 1. The molecule has 3 aromatic heterocycles. The van der Waals surface area contributed by atoms with Gasteiger partial charge in [0, 0.05) is 18.3 Å². The Balaban J connectivity index is 1.66. The molecule has 6 nitrogen and oxygen atoms in total. The van der Waals surface area contributed by atoms with Gasteiger partial charge in [-0.15, -0.1) is 0 Å². The van der Waals surface area contributed by atoms with Crippen LogP contribution in [0.5, 0.6) is 11.6 Å². The summed E-state index contributed by atoms with van der Waals surface area (Å²) in [6.07, 6.45) is 3.12. The monoisotopic (exact) mass is 336 g/mol. The lowest BCUT2D eigenvalue weighted by atomic mass is 10.2. The van der Waals surface area contributed by atoms with E-state index in [2.05, 4.69) is 15.0 Å². The molecule has 0 unspecified atom stereocenters. The predicted molar refractivity (Wildman–Crippen MR) is 90.7 cm³/mol. The van der Waals surface area contributed by atoms with Crippen LogP contribution in [0.4, 0.5) is 4.39 Å². The molecule has 0 bridgehead atoms. The van der Waals surface area contributed by atoms with E-state index in [1.165, 1.54) is 16.8 Å². The summed E-state index contributed by atoms with van der Waals surface area (Å²) in [7, 11) is 0. The third kappa shape index (κ3) is 2.76. The summed E-state index contributed by atoms with van der Waals surface area (Å²) in [4.78, 5) is 23.3. The van der Waals surface area contributed by atoms with Crippen molar-refractivity contribution in [1.82, 2.24) is 19.5 Å². The lowest BCUT2D eigenvalue weighted by molar-refractivity contribution is 0.457. The van der Waals surface area contributed by atoms with Crippen LogP contribution in [0.3, 0.4) is 0 Å². The molecule has 0 aliphatic heterocycles. The number of hydrogen-bond donors (Lipinski definition) is 1. The molecule has 0 spiro atoms. The normalized spacial score (nSPS) is 11.0. The van der Waals surface area contributed by atoms with Crippen molar-refractivity contribution in [2.75, 3.05) is 0 Å². The highest BCUT2D eigenvalue weighted by molar-refractivity contribution is 5.72. The number of imidazole rings is 1. The Labute approximate surface area is 141 Å². The van der Waals surface area contributed by atoms with Crippen molar-refractivity contribution < 1.29 is 9.13 Å². The maximum absolute atomic E-state index is 13.6. The summed E-state index contributed by atoms with van der Waals surface area (Å²) < 4.78 is 20.5. The number of benzene rings is 1. The quantitative estimate of drug-likeness (QED) is 0.623. The van der Waals surface area contributed by atoms with E-state index >= 15 is 0 Å². The smallest absolute Gasteiger partial charge is 0.332 e. The molecular formula is C18H13FN4O2. The minimum atomic E-state index is -0.342. The van der Waals surface area contributed by atoms with Gasteiger partial charge in [0.1, 0.15) is 11.6 Å². The first-order valence-electron chi connectivity index (χ1n) is 7.58. The van der Waals surface area contributed by atoms with E-state index in [1.54, 1.807) is 49.5 Å². The lowest BCUT2D eigenvalue weighted by Crippen LogP contribution is -2.15. The Kier molecular flexibility index (Phi) is 3.53. The van der Waals surface area contributed by atoms with Crippen LogP contribution in [0.25, 0.3) is 16.9 Å². The standard InChI is InChI=1S/C18H13FN4O2/c1-11-4-6-13(9-14(11)19)25-16-7-5-12(10-21-16)23-17-15(22-18(23)24)3-2-8-20-17/h2-10H,1H3,(H,22,24). The number of H-pyrrole nitrogens is 1. The van der Waals surface area contributed by atoms with Gasteiger partial charge in [0.2, 0.25) is 5.88 Å². The van der Waals surface area contributed by atoms with Crippen LogP contribution in [0.2, 0.25) is 0 Å². The summed E-state index contributed by atoms with van der Waals surface area (Å²) in [5, 5.41) is 0. The van der Waals surface area contributed by atoms with Gasteiger partial charge in [-0.05, 0) is 36.8 Å². The number of pyridine rings is 2. The maximum Gasteiger partial charge on any atom is 0.332 e. The second kappa shape index (κ2) is 5.86. The van der Waals surface area contributed by atoms with Crippen LogP contribution >= 0.6 is 0 Å². The molecule has 4 rings (SSSR count). The van der Waals surface area contributed by atoms with Gasteiger partial charge < -0.3 is 9.72 Å². The van der Waals surface area contributed by atoms with Gasteiger partial charge in [-0.2, -0.15) is 0 Å². The topological polar surface area (TPSA) is 72.8 Å². The number of halogens is 1. The summed E-state index contributed by atoms with van der Waals surface area (Å²) >= 11 is 0. The molecule has 0 atom stereocenters. The van der Waals surface area contributed by atoms with Crippen molar-refractivity contribution in [2.24, 2.45) is 0 Å². The first-order valence-corrected chi connectivity index (χ1v) is 7.58. The fourth-order valence-electron chi connectivity index (χ4n) is 2.50. The SMILES string of the molecule is Cc1ccc(Oc2ccc(-n3c(=O)[nH]c4cccnc43)cn2)cc1F. The molecule has 0 aliphatic carbocycles. The van der Waals surface area contributed by atoms with Gasteiger partial charge in [0.05, 0.1) is 17.4 Å². The second-order valence-electron chi connectivity index (χ2n) is 5.51. The van der Waals surface area contributed by atoms with Crippen molar-refractivity contribution in [3.8, 4) is 17.3 Å². The van der Waals surface area contributed by atoms with E-state index in [1.807, 2.05) is 0 Å². The van der Waals surface area contributed by atoms with E-state index in [4.69, 9.17) is 4.74 Å². The van der Waals surface area contributed by atoms with Gasteiger partial charge in [-0.3, -0.25) is 0 Å². The molecule has 25 heavy (non-hydrogen) atoms. The number of rotatable bonds is 3. The van der Waals surface area contributed by atoms with Crippen LogP contribution in [0, 0.1) is 12.7 Å². The first kappa shape index (κ1) is 15.1. The van der Waals surface area contributed by atoms with Gasteiger partial charge >= 0.3 is 5.69 Å². The van der Waals surface area contributed by atoms with Gasteiger partial charge in [-0.25, -0.2) is 23.7 Å². The Morgan fingerprint density at radius 1 is 1.16 bits per heavy atom. The summed E-state index contributed by atoms with van der Waals surface area (Å²) in [6.45, 7) is 1.68. The number of ether oxygens (including phenoxy) is 1. The minimum absolute atomic E-state index is 0.299. The molecule has 4 aromatic rings. The Hall–Kier alpha value is -3.48.